The molecule has 2 N–H and O–H groups in total. The predicted molar refractivity (Wildman–Crippen MR) is 61.3 cm³/mol. The summed E-state index contributed by atoms with van der Waals surface area (Å²) in [6.07, 6.45) is 5.32. The van der Waals surface area contributed by atoms with Crippen LogP contribution in [0.2, 0.25) is 0 Å². The molecule has 0 saturated carbocycles. The van der Waals surface area contributed by atoms with Crippen LogP contribution in [0.3, 0.4) is 0 Å². The number of hydrogen-bond donors (Lipinski definition) is 2. The van der Waals surface area contributed by atoms with Gasteiger partial charge in [0, 0.05) is 13.1 Å². The summed E-state index contributed by atoms with van der Waals surface area (Å²) in [6.45, 7) is 4.97. The van der Waals surface area contributed by atoms with Crippen LogP contribution in [0.25, 0.3) is 0 Å². The van der Waals surface area contributed by atoms with E-state index in [1.165, 1.54) is 18.9 Å². The van der Waals surface area contributed by atoms with E-state index in [1.54, 1.807) is 6.07 Å². The molecule has 16 heavy (non-hydrogen) atoms. The van der Waals surface area contributed by atoms with Gasteiger partial charge in [0.15, 0.2) is 0 Å². The van der Waals surface area contributed by atoms with Crippen molar-refractivity contribution in [3.63, 3.8) is 0 Å². The summed E-state index contributed by atoms with van der Waals surface area (Å²) in [5.41, 5.74) is 0.768. The molecule has 1 aromatic rings. The zero-order valence-electron chi connectivity index (χ0n) is 9.58. The minimum atomic E-state index is -0.0550. The van der Waals surface area contributed by atoms with Crippen LogP contribution in [0, 0.1) is 5.41 Å². The third-order valence-corrected chi connectivity index (χ3v) is 3.14. The lowest BCUT2D eigenvalue weighted by atomic mass is 9.83. The molecule has 2 rings (SSSR count). The van der Waals surface area contributed by atoms with Crippen LogP contribution in [0.4, 0.5) is 0 Å². The average Bonchev–Trinajstić information content (AvgIpc) is 2.80. The van der Waals surface area contributed by atoms with Gasteiger partial charge < -0.3 is 15.1 Å². The first-order valence-electron chi connectivity index (χ1n) is 5.71. The average molecular weight is 222 g/mol. The Kier molecular flexibility index (Phi) is 3.29. The maximum atomic E-state index is 11.7. The van der Waals surface area contributed by atoms with E-state index >= 15 is 0 Å². The van der Waals surface area contributed by atoms with Gasteiger partial charge in [0.25, 0.3) is 5.91 Å². The molecule has 1 fully saturated rings. The van der Waals surface area contributed by atoms with Gasteiger partial charge in [0.2, 0.25) is 0 Å². The Morgan fingerprint density at radius 1 is 1.69 bits per heavy atom. The summed E-state index contributed by atoms with van der Waals surface area (Å²) >= 11 is 0. The highest BCUT2D eigenvalue weighted by Crippen LogP contribution is 2.24. The van der Waals surface area contributed by atoms with Crippen molar-refractivity contribution in [3.05, 3.63) is 24.2 Å². The Balaban J connectivity index is 1.84. The van der Waals surface area contributed by atoms with Crippen LogP contribution in [-0.4, -0.2) is 25.5 Å². The smallest absolute Gasteiger partial charge is 0.254 e. The molecule has 0 radical (unpaired) electrons. The third-order valence-electron chi connectivity index (χ3n) is 3.14. The standard InChI is InChI=1S/C12H18N2O2/c1-12(4-2-5-13-8-12)9-14-11(15)10-3-6-16-7-10/h3,6-7,13H,2,4-5,8-9H2,1H3,(H,14,15). The monoisotopic (exact) mass is 222 g/mol. The van der Waals surface area contributed by atoms with Gasteiger partial charge in [-0.15, -0.1) is 0 Å². The van der Waals surface area contributed by atoms with E-state index in [1.807, 2.05) is 0 Å². The lowest BCUT2D eigenvalue weighted by Crippen LogP contribution is -2.45. The highest BCUT2D eigenvalue weighted by Gasteiger charge is 2.27. The van der Waals surface area contributed by atoms with Crippen molar-refractivity contribution in [1.29, 1.82) is 0 Å². The number of amides is 1. The lowest BCUT2D eigenvalue weighted by Gasteiger charge is -2.34. The van der Waals surface area contributed by atoms with Gasteiger partial charge in [-0.25, -0.2) is 0 Å². The number of hydrogen-bond acceptors (Lipinski definition) is 3. The zero-order chi connectivity index (χ0) is 11.4. The van der Waals surface area contributed by atoms with E-state index in [-0.39, 0.29) is 11.3 Å². The Labute approximate surface area is 95.4 Å². The van der Waals surface area contributed by atoms with Crippen molar-refractivity contribution < 1.29 is 9.21 Å². The molecule has 1 unspecified atom stereocenters. The lowest BCUT2D eigenvalue weighted by molar-refractivity contribution is 0.0924. The van der Waals surface area contributed by atoms with E-state index in [0.29, 0.717) is 12.1 Å². The molecule has 0 spiro atoms. The zero-order valence-corrected chi connectivity index (χ0v) is 9.58. The predicted octanol–water partition coefficient (Wildman–Crippen LogP) is 1.40. The van der Waals surface area contributed by atoms with E-state index in [2.05, 4.69) is 17.6 Å². The molecule has 1 atom stereocenters. The molecular formula is C12H18N2O2. The second-order valence-corrected chi connectivity index (χ2v) is 4.79. The molecular weight excluding hydrogens is 204 g/mol. The Hall–Kier alpha value is -1.29. The fraction of sp³-hybridized carbons (Fsp3) is 0.583. The Morgan fingerprint density at radius 2 is 2.56 bits per heavy atom. The molecule has 88 valence electrons. The van der Waals surface area contributed by atoms with Crippen molar-refractivity contribution in [2.75, 3.05) is 19.6 Å². The maximum absolute atomic E-state index is 11.7. The molecule has 1 amide bonds. The topological polar surface area (TPSA) is 54.3 Å². The number of carbonyl (C=O) groups is 1. The molecule has 0 bridgehead atoms. The van der Waals surface area contributed by atoms with Crippen LogP contribution in [0.5, 0.6) is 0 Å². The van der Waals surface area contributed by atoms with Gasteiger partial charge in [-0.2, -0.15) is 0 Å². The van der Waals surface area contributed by atoms with Crippen molar-refractivity contribution in [3.8, 4) is 0 Å². The number of rotatable bonds is 3. The molecule has 2 heterocycles. The molecule has 4 nitrogen and oxygen atoms in total. The van der Waals surface area contributed by atoms with Gasteiger partial charge in [-0.3, -0.25) is 4.79 Å². The first-order valence-corrected chi connectivity index (χ1v) is 5.71. The normalized spacial score (nSPS) is 25.3. The summed E-state index contributed by atoms with van der Waals surface area (Å²) in [7, 11) is 0. The van der Waals surface area contributed by atoms with Gasteiger partial charge in [-0.1, -0.05) is 6.92 Å². The fourth-order valence-electron chi connectivity index (χ4n) is 2.06. The van der Waals surface area contributed by atoms with E-state index in [0.717, 1.165) is 19.5 Å². The highest BCUT2D eigenvalue weighted by atomic mass is 16.3. The SMILES string of the molecule is CC1(CNC(=O)c2ccoc2)CCCNC1. The summed E-state index contributed by atoms with van der Waals surface area (Å²) in [5, 5.41) is 6.32. The van der Waals surface area contributed by atoms with Gasteiger partial charge in [-0.05, 0) is 30.9 Å². The summed E-state index contributed by atoms with van der Waals surface area (Å²) in [6, 6.07) is 1.68. The van der Waals surface area contributed by atoms with Crippen molar-refractivity contribution in [2.24, 2.45) is 5.41 Å². The van der Waals surface area contributed by atoms with Crippen LogP contribution in [-0.2, 0) is 0 Å². The number of nitrogens with one attached hydrogen (secondary N) is 2. The molecule has 1 aliphatic heterocycles. The number of carbonyl (C=O) groups excluding carboxylic acids is 1. The largest absolute Gasteiger partial charge is 0.472 e. The molecule has 0 aromatic carbocycles. The van der Waals surface area contributed by atoms with Gasteiger partial charge >= 0.3 is 0 Å². The Morgan fingerprint density at radius 3 is 3.19 bits per heavy atom. The van der Waals surface area contributed by atoms with Crippen LogP contribution in [0.1, 0.15) is 30.1 Å². The molecule has 4 heteroatoms. The summed E-state index contributed by atoms with van der Waals surface area (Å²) < 4.78 is 4.88. The van der Waals surface area contributed by atoms with E-state index in [4.69, 9.17) is 4.42 Å². The third kappa shape index (κ3) is 2.64. The minimum absolute atomic E-state index is 0.0550. The summed E-state index contributed by atoms with van der Waals surface area (Å²) in [5.74, 6) is -0.0550. The fourth-order valence-corrected chi connectivity index (χ4v) is 2.06. The molecule has 0 aliphatic carbocycles. The second kappa shape index (κ2) is 4.70. The van der Waals surface area contributed by atoms with Gasteiger partial charge in [0.1, 0.15) is 6.26 Å². The highest BCUT2D eigenvalue weighted by molar-refractivity contribution is 5.93. The van der Waals surface area contributed by atoms with Crippen LogP contribution in [0.15, 0.2) is 23.0 Å². The quantitative estimate of drug-likeness (QED) is 0.812. The Bertz CT molecular complexity index is 340. The van der Waals surface area contributed by atoms with Crippen molar-refractivity contribution in [1.82, 2.24) is 10.6 Å². The first-order chi connectivity index (χ1) is 7.70. The maximum Gasteiger partial charge on any atom is 0.254 e. The molecule has 1 aromatic heterocycles. The summed E-state index contributed by atoms with van der Waals surface area (Å²) in [4.78, 5) is 11.7. The van der Waals surface area contributed by atoms with Crippen molar-refractivity contribution in [2.45, 2.75) is 19.8 Å². The van der Waals surface area contributed by atoms with E-state index in [9.17, 15) is 4.79 Å². The second-order valence-electron chi connectivity index (χ2n) is 4.79. The minimum Gasteiger partial charge on any atom is -0.472 e. The number of piperidine rings is 1. The molecule has 1 saturated heterocycles. The first kappa shape index (κ1) is 11.2. The van der Waals surface area contributed by atoms with E-state index < -0.39 is 0 Å². The number of furan rings is 1. The van der Waals surface area contributed by atoms with Crippen LogP contribution >= 0.6 is 0 Å². The van der Waals surface area contributed by atoms with Crippen LogP contribution < -0.4 is 10.6 Å². The van der Waals surface area contributed by atoms with Crippen molar-refractivity contribution >= 4 is 5.91 Å². The molecule has 1 aliphatic rings. The van der Waals surface area contributed by atoms with Gasteiger partial charge in [0.05, 0.1) is 11.8 Å².